The van der Waals surface area contributed by atoms with E-state index in [9.17, 15) is 4.79 Å². The molecule has 3 fully saturated rings. The van der Waals surface area contributed by atoms with Gasteiger partial charge in [-0.1, -0.05) is 29.6 Å². The lowest BCUT2D eigenvalue weighted by Crippen LogP contribution is -2.49. The van der Waals surface area contributed by atoms with Crippen LogP contribution in [0.1, 0.15) is 42.5 Å². The van der Waals surface area contributed by atoms with Crippen molar-refractivity contribution in [2.24, 2.45) is 5.92 Å². The molecule has 4 rings (SSSR count). The van der Waals surface area contributed by atoms with Crippen LogP contribution >= 0.6 is 23.2 Å². The molecule has 1 amide bonds. The molecule has 0 unspecified atom stereocenters. The summed E-state index contributed by atoms with van der Waals surface area (Å²) >= 11 is 12.1. The highest BCUT2D eigenvalue weighted by atomic mass is 35.5. The Morgan fingerprint density at radius 2 is 1.85 bits per heavy atom. The zero-order valence-corrected chi connectivity index (χ0v) is 16.5. The maximum Gasteiger partial charge on any atom is 0.253 e. The van der Waals surface area contributed by atoms with E-state index in [1.54, 1.807) is 18.2 Å². The molecule has 0 bridgehead atoms. The van der Waals surface area contributed by atoms with Gasteiger partial charge in [-0.15, -0.1) is 0 Å². The van der Waals surface area contributed by atoms with Crippen LogP contribution in [0.5, 0.6) is 0 Å². The molecule has 6 heteroatoms. The fourth-order valence-electron chi connectivity index (χ4n) is 4.83. The number of nitrogens with zero attached hydrogens (tertiary/aromatic N) is 2. The number of benzene rings is 1. The first-order valence-electron chi connectivity index (χ1n) is 9.71. The molecule has 0 aliphatic carbocycles. The van der Waals surface area contributed by atoms with E-state index in [-0.39, 0.29) is 5.91 Å². The van der Waals surface area contributed by atoms with Crippen LogP contribution in [0.4, 0.5) is 0 Å². The second kappa shape index (κ2) is 8.05. The summed E-state index contributed by atoms with van der Waals surface area (Å²) in [5.74, 6) is 0.649. The molecule has 26 heavy (non-hydrogen) atoms. The molecule has 3 aliphatic rings. The van der Waals surface area contributed by atoms with Gasteiger partial charge in [0.05, 0.1) is 10.0 Å². The molecular weight excluding hydrogens is 371 g/mol. The van der Waals surface area contributed by atoms with E-state index in [0.29, 0.717) is 33.6 Å². The number of hydrogen-bond donors (Lipinski definition) is 0. The number of carbonyl (C=O) groups excluding carboxylic acids is 1. The van der Waals surface area contributed by atoms with Crippen molar-refractivity contribution in [1.82, 2.24) is 9.80 Å². The van der Waals surface area contributed by atoms with Gasteiger partial charge in [0.2, 0.25) is 0 Å². The molecule has 0 aromatic heterocycles. The molecule has 1 aromatic rings. The summed E-state index contributed by atoms with van der Waals surface area (Å²) in [6, 6.07) is 6.26. The molecule has 0 N–H and O–H groups in total. The first-order chi connectivity index (χ1) is 12.6. The number of likely N-dealkylation sites (tertiary alicyclic amines) is 2. The molecule has 1 aromatic carbocycles. The Morgan fingerprint density at radius 1 is 1.04 bits per heavy atom. The molecule has 3 aliphatic heterocycles. The Labute approximate surface area is 165 Å². The average molecular weight is 397 g/mol. The number of hydrogen-bond acceptors (Lipinski definition) is 3. The van der Waals surface area contributed by atoms with E-state index in [1.165, 1.54) is 19.3 Å². The van der Waals surface area contributed by atoms with E-state index in [4.69, 9.17) is 27.9 Å². The van der Waals surface area contributed by atoms with Crippen LogP contribution in [0.2, 0.25) is 10.0 Å². The smallest absolute Gasteiger partial charge is 0.253 e. The Morgan fingerprint density at radius 3 is 2.62 bits per heavy atom. The number of rotatable bonds is 2. The number of fused-ring (bicyclic) bond motifs is 1. The van der Waals surface area contributed by atoms with Gasteiger partial charge < -0.3 is 9.64 Å². The van der Waals surface area contributed by atoms with Crippen LogP contribution in [0.15, 0.2) is 18.2 Å². The van der Waals surface area contributed by atoms with Gasteiger partial charge in [-0.2, -0.15) is 0 Å². The van der Waals surface area contributed by atoms with Crippen LogP contribution in [-0.4, -0.2) is 60.6 Å². The van der Waals surface area contributed by atoms with Crippen molar-refractivity contribution in [2.75, 3.05) is 32.8 Å². The SMILES string of the molecule is O=C(c1ccc(Cl)c(Cl)c1)N1C[C@@H]2CCCCN(C3CCOCC3)[C@@H]2C1. The van der Waals surface area contributed by atoms with Gasteiger partial charge in [0.15, 0.2) is 0 Å². The molecule has 3 heterocycles. The first kappa shape index (κ1) is 18.5. The lowest BCUT2D eigenvalue weighted by molar-refractivity contribution is 0.0144. The van der Waals surface area contributed by atoms with Crippen molar-refractivity contribution in [3.8, 4) is 0 Å². The quantitative estimate of drug-likeness (QED) is 0.754. The first-order valence-corrected chi connectivity index (χ1v) is 10.5. The van der Waals surface area contributed by atoms with Crippen molar-refractivity contribution in [1.29, 1.82) is 0 Å². The summed E-state index contributed by atoms with van der Waals surface area (Å²) < 4.78 is 5.56. The highest BCUT2D eigenvalue weighted by molar-refractivity contribution is 6.42. The molecule has 142 valence electrons. The second-order valence-corrected chi connectivity index (χ2v) is 8.56. The summed E-state index contributed by atoms with van der Waals surface area (Å²) in [7, 11) is 0. The summed E-state index contributed by atoms with van der Waals surface area (Å²) in [6.07, 6.45) is 5.98. The lowest BCUT2D eigenvalue weighted by atomic mass is 9.96. The maximum atomic E-state index is 13.0. The van der Waals surface area contributed by atoms with Crippen molar-refractivity contribution in [3.05, 3.63) is 33.8 Å². The Hall–Kier alpha value is -0.810. The van der Waals surface area contributed by atoms with E-state index >= 15 is 0 Å². The maximum absolute atomic E-state index is 13.0. The van der Waals surface area contributed by atoms with Crippen LogP contribution in [-0.2, 0) is 4.74 Å². The minimum atomic E-state index is 0.0727. The van der Waals surface area contributed by atoms with Crippen LogP contribution in [0.3, 0.4) is 0 Å². The summed E-state index contributed by atoms with van der Waals surface area (Å²) in [6.45, 7) is 4.56. The third-order valence-electron chi connectivity index (χ3n) is 6.19. The Kier molecular flexibility index (Phi) is 5.75. The second-order valence-electron chi connectivity index (χ2n) is 7.74. The summed E-state index contributed by atoms with van der Waals surface area (Å²) in [4.78, 5) is 17.7. The minimum absolute atomic E-state index is 0.0727. The number of amides is 1. The predicted octanol–water partition coefficient (Wildman–Crippen LogP) is 4.10. The van der Waals surface area contributed by atoms with E-state index in [0.717, 1.165) is 45.7 Å². The van der Waals surface area contributed by atoms with E-state index < -0.39 is 0 Å². The van der Waals surface area contributed by atoms with Crippen molar-refractivity contribution >= 4 is 29.1 Å². The molecule has 4 nitrogen and oxygen atoms in total. The highest BCUT2D eigenvalue weighted by Gasteiger charge is 2.42. The standard InChI is InChI=1S/C20H26Cl2N2O2/c21-17-5-4-14(11-18(17)22)20(25)23-12-15-3-1-2-8-24(19(15)13-23)16-6-9-26-10-7-16/h4-5,11,15-16,19H,1-3,6-10,12-13H2/t15-,19+/m0/s1. The van der Waals surface area contributed by atoms with Gasteiger partial charge in [0, 0.05) is 44.0 Å². The van der Waals surface area contributed by atoms with Gasteiger partial charge in [0.25, 0.3) is 5.91 Å². The fourth-order valence-corrected chi connectivity index (χ4v) is 5.13. The minimum Gasteiger partial charge on any atom is -0.381 e. The summed E-state index contributed by atoms with van der Waals surface area (Å²) in [5, 5.41) is 0.926. The largest absolute Gasteiger partial charge is 0.381 e. The van der Waals surface area contributed by atoms with Gasteiger partial charge in [-0.25, -0.2) is 0 Å². The zero-order chi connectivity index (χ0) is 18.1. The Balaban J connectivity index is 1.50. The molecule has 0 spiro atoms. The van der Waals surface area contributed by atoms with Gasteiger partial charge in [-0.05, 0) is 56.3 Å². The number of halogens is 2. The van der Waals surface area contributed by atoms with Crippen molar-refractivity contribution < 1.29 is 9.53 Å². The van der Waals surface area contributed by atoms with E-state index in [2.05, 4.69) is 4.90 Å². The van der Waals surface area contributed by atoms with Gasteiger partial charge >= 0.3 is 0 Å². The van der Waals surface area contributed by atoms with Crippen LogP contribution < -0.4 is 0 Å². The van der Waals surface area contributed by atoms with E-state index in [1.807, 2.05) is 4.90 Å². The number of ether oxygens (including phenoxy) is 1. The van der Waals surface area contributed by atoms with Gasteiger partial charge in [0.1, 0.15) is 0 Å². The topological polar surface area (TPSA) is 32.8 Å². The van der Waals surface area contributed by atoms with Crippen LogP contribution in [0, 0.1) is 5.92 Å². The molecule has 0 saturated carbocycles. The molecule has 3 saturated heterocycles. The highest BCUT2D eigenvalue weighted by Crippen LogP contribution is 2.34. The monoisotopic (exact) mass is 396 g/mol. The van der Waals surface area contributed by atoms with Crippen molar-refractivity contribution in [3.63, 3.8) is 0 Å². The average Bonchev–Trinajstić information content (AvgIpc) is 2.98. The van der Waals surface area contributed by atoms with Crippen molar-refractivity contribution in [2.45, 2.75) is 44.2 Å². The molecule has 0 radical (unpaired) electrons. The fraction of sp³-hybridized carbons (Fsp3) is 0.650. The molecular formula is C20H26Cl2N2O2. The number of carbonyl (C=O) groups is 1. The molecule has 2 atom stereocenters. The Bertz CT molecular complexity index is 663. The predicted molar refractivity (Wildman–Crippen MR) is 104 cm³/mol. The summed E-state index contributed by atoms with van der Waals surface area (Å²) in [5.41, 5.74) is 0.633. The zero-order valence-electron chi connectivity index (χ0n) is 15.0. The normalized spacial score (nSPS) is 28.0. The van der Waals surface area contributed by atoms with Gasteiger partial charge in [-0.3, -0.25) is 9.69 Å². The third-order valence-corrected chi connectivity index (χ3v) is 6.93. The lowest BCUT2D eigenvalue weighted by Gasteiger charge is -2.39. The van der Waals surface area contributed by atoms with Crippen LogP contribution in [0.25, 0.3) is 0 Å². The third kappa shape index (κ3) is 3.75.